The number of nitrogens with zero attached hydrogens (tertiary/aromatic N) is 1. The summed E-state index contributed by atoms with van der Waals surface area (Å²) < 4.78 is 20.4. The van der Waals surface area contributed by atoms with E-state index in [-0.39, 0.29) is 24.8 Å². The lowest BCUT2D eigenvalue weighted by atomic mass is 10.2. The summed E-state index contributed by atoms with van der Waals surface area (Å²) >= 11 is 0. The van der Waals surface area contributed by atoms with Crippen LogP contribution in [0.2, 0.25) is 0 Å². The molecule has 2 aromatic rings. The SMILES string of the molecule is O=C(COC(=O)COc1ccc([N+](=O)[O-])cc1)NCc1ccc2c(c1)OCO2. The summed E-state index contributed by atoms with van der Waals surface area (Å²) in [6.07, 6.45) is 0. The van der Waals surface area contributed by atoms with Crippen LogP contribution in [-0.2, 0) is 20.9 Å². The molecule has 2 aromatic carbocycles. The van der Waals surface area contributed by atoms with E-state index in [4.69, 9.17) is 18.9 Å². The highest BCUT2D eigenvalue weighted by Crippen LogP contribution is 2.32. The van der Waals surface area contributed by atoms with Gasteiger partial charge >= 0.3 is 5.97 Å². The van der Waals surface area contributed by atoms with Gasteiger partial charge in [-0.2, -0.15) is 0 Å². The van der Waals surface area contributed by atoms with E-state index in [2.05, 4.69) is 5.32 Å². The normalized spacial score (nSPS) is 11.6. The number of nitro groups is 1. The number of rotatable bonds is 8. The molecule has 0 aliphatic carbocycles. The number of benzene rings is 2. The third kappa shape index (κ3) is 5.10. The van der Waals surface area contributed by atoms with Gasteiger partial charge in [0.25, 0.3) is 11.6 Å². The fraction of sp³-hybridized carbons (Fsp3) is 0.222. The van der Waals surface area contributed by atoms with Crippen molar-refractivity contribution in [2.75, 3.05) is 20.0 Å². The number of carbonyl (C=O) groups excluding carboxylic acids is 2. The zero-order valence-electron chi connectivity index (χ0n) is 14.6. The van der Waals surface area contributed by atoms with Gasteiger partial charge in [-0.1, -0.05) is 6.07 Å². The topological polar surface area (TPSA) is 126 Å². The van der Waals surface area contributed by atoms with Gasteiger partial charge in [0.1, 0.15) is 5.75 Å². The Morgan fingerprint density at radius 1 is 1.07 bits per heavy atom. The van der Waals surface area contributed by atoms with Gasteiger partial charge in [0.05, 0.1) is 4.92 Å². The lowest BCUT2D eigenvalue weighted by Crippen LogP contribution is -2.29. The van der Waals surface area contributed by atoms with Crippen molar-refractivity contribution in [2.45, 2.75) is 6.54 Å². The second-order valence-corrected chi connectivity index (χ2v) is 5.66. The molecule has 0 atom stereocenters. The maximum Gasteiger partial charge on any atom is 0.344 e. The van der Waals surface area contributed by atoms with E-state index < -0.39 is 30.0 Å². The Bertz CT molecular complexity index is 882. The molecule has 0 spiro atoms. The molecular weight excluding hydrogens is 372 g/mol. The van der Waals surface area contributed by atoms with E-state index in [1.54, 1.807) is 18.2 Å². The highest BCUT2D eigenvalue weighted by atomic mass is 16.7. The number of non-ortho nitro benzene ring substituents is 1. The third-order valence-electron chi connectivity index (χ3n) is 3.70. The molecule has 0 bridgehead atoms. The van der Waals surface area contributed by atoms with Crippen LogP contribution in [0.4, 0.5) is 5.69 Å². The van der Waals surface area contributed by atoms with Crippen LogP contribution in [0.3, 0.4) is 0 Å². The Morgan fingerprint density at radius 2 is 1.82 bits per heavy atom. The summed E-state index contributed by atoms with van der Waals surface area (Å²) in [6.45, 7) is -0.463. The van der Waals surface area contributed by atoms with Gasteiger partial charge < -0.3 is 24.3 Å². The zero-order chi connectivity index (χ0) is 19.9. The number of amides is 1. The summed E-state index contributed by atoms with van der Waals surface area (Å²) in [5, 5.41) is 13.2. The summed E-state index contributed by atoms with van der Waals surface area (Å²) in [5.41, 5.74) is 0.722. The molecule has 0 radical (unpaired) electrons. The number of nitrogens with one attached hydrogen (secondary N) is 1. The maximum absolute atomic E-state index is 11.8. The standard InChI is InChI=1S/C18H16N2O8/c21-17(19-8-12-1-6-15-16(7-12)28-11-27-15)9-26-18(22)10-25-14-4-2-13(3-5-14)20(23)24/h1-7H,8-11H2,(H,19,21). The molecule has 3 rings (SSSR count). The Kier molecular flexibility index (Phi) is 5.90. The molecule has 0 saturated carbocycles. The largest absolute Gasteiger partial charge is 0.482 e. The fourth-order valence-electron chi connectivity index (χ4n) is 2.30. The van der Waals surface area contributed by atoms with Gasteiger partial charge in [0, 0.05) is 18.7 Å². The number of ether oxygens (including phenoxy) is 4. The van der Waals surface area contributed by atoms with Gasteiger partial charge in [-0.15, -0.1) is 0 Å². The van der Waals surface area contributed by atoms with Crippen LogP contribution < -0.4 is 19.5 Å². The van der Waals surface area contributed by atoms with Crippen LogP contribution in [0.5, 0.6) is 17.2 Å². The van der Waals surface area contributed by atoms with Crippen molar-refractivity contribution < 1.29 is 33.5 Å². The molecule has 28 heavy (non-hydrogen) atoms. The Balaban J connectivity index is 1.35. The van der Waals surface area contributed by atoms with Crippen molar-refractivity contribution >= 4 is 17.6 Å². The minimum atomic E-state index is -0.739. The second kappa shape index (κ2) is 8.71. The van der Waals surface area contributed by atoms with E-state index in [0.717, 1.165) is 5.56 Å². The zero-order valence-corrected chi connectivity index (χ0v) is 14.6. The van der Waals surface area contributed by atoms with Crippen molar-refractivity contribution in [2.24, 2.45) is 0 Å². The molecule has 0 aromatic heterocycles. The first-order valence-corrected chi connectivity index (χ1v) is 8.19. The van der Waals surface area contributed by atoms with Gasteiger partial charge in [0.2, 0.25) is 6.79 Å². The fourth-order valence-corrected chi connectivity index (χ4v) is 2.30. The van der Waals surface area contributed by atoms with E-state index in [9.17, 15) is 19.7 Å². The minimum Gasteiger partial charge on any atom is -0.482 e. The van der Waals surface area contributed by atoms with Crippen molar-refractivity contribution in [1.82, 2.24) is 5.32 Å². The average Bonchev–Trinajstić information content (AvgIpc) is 3.17. The van der Waals surface area contributed by atoms with E-state index in [0.29, 0.717) is 11.5 Å². The molecule has 146 valence electrons. The first-order chi connectivity index (χ1) is 13.5. The van der Waals surface area contributed by atoms with Crippen molar-refractivity contribution in [1.29, 1.82) is 0 Å². The van der Waals surface area contributed by atoms with Crippen LogP contribution in [-0.4, -0.2) is 36.8 Å². The van der Waals surface area contributed by atoms with Crippen LogP contribution in [0.25, 0.3) is 0 Å². The van der Waals surface area contributed by atoms with Gasteiger partial charge in [-0.05, 0) is 29.8 Å². The van der Waals surface area contributed by atoms with Crippen LogP contribution in [0.15, 0.2) is 42.5 Å². The van der Waals surface area contributed by atoms with Gasteiger partial charge in [-0.25, -0.2) is 4.79 Å². The van der Waals surface area contributed by atoms with E-state index in [1.165, 1.54) is 24.3 Å². The first kappa shape index (κ1) is 19.0. The van der Waals surface area contributed by atoms with Crippen LogP contribution >= 0.6 is 0 Å². The van der Waals surface area contributed by atoms with Crippen LogP contribution in [0.1, 0.15) is 5.56 Å². The van der Waals surface area contributed by atoms with Gasteiger partial charge in [-0.3, -0.25) is 14.9 Å². The maximum atomic E-state index is 11.8. The summed E-state index contributed by atoms with van der Waals surface area (Å²) in [6, 6.07) is 10.5. The Hall–Kier alpha value is -3.82. The third-order valence-corrected chi connectivity index (χ3v) is 3.70. The molecular formula is C18H16N2O8. The number of carbonyl (C=O) groups is 2. The van der Waals surface area contributed by atoms with Crippen molar-refractivity contribution in [3.8, 4) is 17.2 Å². The lowest BCUT2D eigenvalue weighted by molar-refractivity contribution is -0.384. The van der Waals surface area contributed by atoms with Crippen molar-refractivity contribution in [3.63, 3.8) is 0 Å². The van der Waals surface area contributed by atoms with E-state index in [1.807, 2.05) is 0 Å². The summed E-state index contributed by atoms with van der Waals surface area (Å²) in [7, 11) is 0. The molecule has 1 N–H and O–H groups in total. The predicted octanol–water partition coefficient (Wildman–Crippen LogP) is 1.56. The molecule has 1 aliphatic rings. The molecule has 10 heteroatoms. The lowest BCUT2D eigenvalue weighted by Gasteiger charge is -2.08. The highest BCUT2D eigenvalue weighted by molar-refractivity contribution is 5.80. The molecule has 10 nitrogen and oxygen atoms in total. The molecule has 1 aliphatic heterocycles. The molecule has 0 unspecified atom stereocenters. The number of hydrogen-bond donors (Lipinski definition) is 1. The van der Waals surface area contributed by atoms with E-state index >= 15 is 0 Å². The number of nitro benzene ring substituents is 1. The second-order valence-electron chi connectivity index (χ2n) is 5.66. The first-order valence-electron chi connectivity index (χ1n) is 8.19. The minimum absolute atomic E-state index is 0.0888. The molecule has 1 amide bonds. The number of esters is 1. The molecule has 1 heterocycles. The summed E-state index contributed by atoms with van der Waals surface area (Å²) in [5.74, 6) is 0.325. The molecule has 0 fully saturated rings. The average molecular weight is 388 g/mol. The Morgan fingerprint density at radius 3 is 2.57 bits per heavy atom. The monoisotopic (exact) mass is 388 g/mol. The van der Waals surface area contributed by atoms with Crippen LogP contribution in [0, 0.1) is 10.1 Å². The van der Waals surface area contributed by atoms with Gasteiger partial charge in [0.15, 0.2) is 24.7 Å². The number of fused-ring (bicyclic) bond motifs is 1. The summed E-state index contributed by atoms with van der Waals surface area (Å²) in [4.78, 5) is 33.4. The van der Waals surface area contributed by atoms with Crippen molar-refractivity contribution in [3.05, 3.63) is 58.1 Å². The number of hydrogen-bond acceptors (Lipinski definition) is 8. The Labute approximate surface area is 159 Å². The quantitative estimate of drug-likeness (QED) is 0.410. The smallest absolute Gasteiger partial charge is 0.344 e. The predicted molar refractivity (Wildman–Crippen MR) is 94.0 cm³/mol. The molecule has 0 saturated heterocycles. The highest BCUT2D eigenvalue weighted by Gasteiger charge is 2.14.